The Morgan fingerprint density at radius 2 is 1.57 bits per heavy atom. The van der Waals surface area contributed by atoms with E-state index in [1.807, 2.05) is 4.90 Å². The van der Waals surface area contributed by atoms with Crippen LogP contribution in [0.15, 0.2) is 0 Å². The summed E-state index contributed by atoms with van der Waals surface area (Å²) >= 11 is 0. The summed E-state index contributed by atoms with van der Waals surface area (Å²) in [6.45, 7) is 4.04. The fourth-order valence-electron chi connectivity index (χ4n) is 5.32. The third kappa shape index (κ3) is 5.46. The predicted octanol–water partition coefficient (Wildman–Crippen LogP) is 1.70. The highest BCUT2D eigenvalue weighted by Gasteiger charge is 2.36. The number of likely N-dealkylation sites (tertiary alicyclic amines) is 2. The fraction of sp³-hybridized carbons (Fsp3) is 0.857. The molecule has 0 bridgehead atoms. The van der Waals surface area contributed by atoms with E-state index < -0.39 is 5.97 Å². The van der Waals surface area contributed by atoms with Crippen LogP contribution in [0.25, 0.3) is 0 Å². The Labute approximate surface area is 167 Å². The maximum absolute atomic E-state index is 12.8. The number of carboxylic acid groups (broad SMARTS) is 1. The highest BCUT2D eigenvalue weighted by atomic mass is 16.4. The summed E-state index contributed by atoms with van der Waals surface area (Å²) in [6.07, 6.45) is 7.83. The molecule has 3 N–H and O–H groups in total. The molecule has 0 aromatic heterocycles. The van der Waals surface area contributed by atoms with E-state index in [4.69, 9.17) is 5.73 Å². The second-order valence-corrected chi connectivity index (χ2v) is 8.98. The second kappa shape index (κ2) is 9.72. The van der Waals surface area contributed by atoms with Gasteiger partial charge in [-0.25, -0.2) is 0 Å². The van der Waals surface area contributed by atoms with Crippen molar-refractivity contribution in [1.29, 1.82) is 0 Å². The van der Waals surface area contributed by atoms with Gasteiger partial charge in [-0.15, -0.1) is 0 Å². The number of primary amides is 1. The van der Waals surface area contributed by atoms with Crippen LogP contribution < -0.4 is 5.73 Å². The maximum atomic E-state index is 12.8. The lowest BCUT2D eigenvalue weighted by Gasteiger charge is -2.40. The van der Waals surface area contributed by atoms with Crippen LogP contribution in [-0.4, -0.2) is 65.4 Å². The van der Waals surface area contributed by atoms with Gasteiger partial charge in [0, 0.05) is 31.3 Å². The van der Waals surface area contributed by atoms with E-state index in [0.717, 1.165) is 71.0 Å². The molecule has 3 aliphatic rings. The van der Waals surface area contributed by atoms with Crippen molar-refractivity contribution in [3.63, 3.8) is 0 Å². The van der Waals surface area contributed by atoms with Gasteiger partial charge in [0.1, 0.15) is 0 Å². The summed E-state index contributed by atoms with van der Waals surface area (Å²) < 4.78 is 0. The van der Waals surface area contributed by atoms with Gasteiger partial charge in [-0.3, -0.25) is 14.4 Å². The average molecular weight is 394 g/mol. The van der Waals surface area contributed by atoms with Gasteiger partial charge in [0.05, 0.1) is 0 Å². The first kappa shape index (κ1) is 21.1. The van der Waals surface area contributed by atoms with E-state index in [0.29, 0.717) is 19.0 Å². The van der Waals surface area contributed by atoms with E-state index in [2.05, 4.69) is 4.90 Å². The third-order valence-electron chi connectivity index (χ3n) is 7.15. The lowest BCUT2D eigenvalue weighted by atomic mass is 9.80. The molecule has 2 unspecified atom stereocenters. The van der Waals surface area contributed by atoms with Gasteiger partial charge >= 0.3 is 5.97 Å². The van der Waals surface area contributed by atoms with Crippen molar-refractivity contribution < 1.29 is 19.5 Å². The van der Waals surface area contributed by atoms with Crippen molar-refractivity contribution in [3.8, 4) is 0 Å². The molecule has 1 aliphatic carbocycles. The van der Waals surface area contributed by atoms with Gasteiger partial charge < -0.3 is 20.6 Å². The number of piperidine rings is 2. The quantitative estimate of drug-likeness (QED) is 0.685. The minimum absolute atomic E-state index is 0.00906. The van der Waals surface area contributed by atoms with Crippen LogP contribution >= 0.6 is 0 Å². The lowest BCUT2D eigenvalue weighted by Crippen LogP contribution is -2.47. The number of carbonyl (C=O) groups is 3. The van der Waals surface area contributed by atoms with Crippen LogP contribution in [0.5, 0.6) is 0 Å². The van der Waals surface area contributed by atoms with Crippen LogP contribution in [0.2, 0.25) is 0 Å². The van der Waals surface area contributed by atoms with Crippen LogP contribution in [-0.2, 0) is 14.4 Å². The van der Waals surface area contributed by atoms with E-state index in [1.54, 1.807) is 0 Å². The molecule has 28 heavy (non-hydrogen) atoms. The van der Waals surface area contributed by atoms with Crippen molar-refractivity contribution in [3.05, 3.63) is 0 Å². The number of carbonyl (C=O) groups excluding carboxylic acids is 2. The molecule has 0 aromatic rings. The van der Waals surface area contributed by atoms with Crippen LogP contribution in [0.1, 0.15) is 57.8 Å². The van der Waals surface area contributed by atoms with Gasteiger partial charge in [0.15, 0.2) is 0 Å². The number of hydrogen-bond donors (Lipinski definition) is 2. The van der Waals surface area contributed by atoms with Crippen molar-refractivity contribution >= 4 is 17.8 Å². The fourth-order valence-corrected chi connectivity index (χ4v) is 5.32. The number of nitrogens with two attached hydrogens (primary N) is 1. The Bertz CT molecular complexity index is 568. The number of carboxylic acids is 1. The largest absolute Gasteiger partial charge is 0.481 e. The third-order valence-corrected chi connectivity index (χ3v) is 7.15. The highest BCUT2D eigenvalue weighted by Crippen LogP contribution is 2.33. The molecule has 2 saturated heterocycles. The molecule has 0 aromatic carbocycles. The molecular weight excluding hydrogens is 358 g/mol. The summed E-state index contributed by atoms with van der Waals surface area (Å²) in [6, 6.07) is 0. The van der Waals surface area contributed by atoms with Gasteiger partial charge in [-0.05, 0) is 70.0 Å². The number of hydrogen-bond acceptors (Lipinski definition) is 4. The lowest BCUT2D eigenvalue weighted by molar-refractivity contribution is -0.141. The summed E-state index contributed by atoms with van der Waals surface area (Å²) in [7, 11) is 0. The first-order valence-corrected chi connectivity index (χ1v) is 11.0. The molecule has 158 valence electrons. The standard InChI is InChI=1S/C21H35N3O4/c22-20(27)15-5-9-23(10-6-15)11-7-18-14-24(12-8-17(18)13-19(25)26)21(28)16-3-1-2-4-16/h15-18H,1-14H2,(H2,22,27)(H,25,26). The Hall–Kier alpha value is -1.63. The number of aliphatic carboxylic acids is 1. The molecule has 0 spiro atoms. The highest BCUT2D eigenvalue weighted by molar-refractivity contribution is 5.79. The van der Waals surface area contributed by atoms with Gasteiger partial charge in [0.2, 0.25) is 11.8 Å². The molecule has 1 saturated carbocycles. The second-order valence-electron chi connectivity index (χ2n) is 8.98. The minimum atomic E-state index is -0.743. The topological polar surface area (TPSA) is 104 Å². The van der Waals surface area contributed by atoms with E-state index in [1.165, 1.54) is 0 Å². The Morgan fingerprint density at radius 1 is 0.893 bits per heavy atom. The van der Waals surface area contributed by atoms with Gasteiger partial charge in [-0.1, -0.05) is 12.8 Å². The van der Waals surface area contributed by atoms with Crippen molar-refractivity contribution in [2.45, 2.75) is 57.8 Å². The number of amides is 2. The monoisotopic (exact) mass is 393 g/mol. The summed E-state index contributed by atoms with van der Waals surface area (Å²) in [5, 5.41) is 9.29. The molecular formula is C21H35N3O4. The zero-order valence-electron chi connectivity index (χ0n) is 16.9. The van der Waals surface area contributed by atoms with Crippen LogP contribution in [0, 0.1) is 23.7 Å². The smallest absolute Gasteiger partial charge is 0.303 e. The number of rotatable bonds is 7. The van der Waals surface area contributed by atoms with Crippen molar-refractivity contribution in [2.24, 2.45) is 29.4 Å². The van der Waals surface area contributed by atoms with Gasteiger partial charge in [-0.2, -0.15) is 0 Å². The van der Waals surface area contributed by atoms with E-state index in [-0.39, 0.29) is 36.0 Å². The van der Waals surface area contributed by atoms with Gasteiger partial charge in [0.25, 0.3) is 0 Å². The van der Waals surface area contributed by atoms with Crippen molar-refractivity contribution in [2.75, 3.05) is 32.7 Å². The molecule has 7 heteroatoms. The number of nitrogens with zero attached hydrogens (tertiary/aromatic N) is 2. The zero-order valence-corrected chi connectivity index (χ0v) is 16.9. The summed E-state index contributed by atoms with van der Waals surface area (Å²) in [5.41, 5.74) is 5.41. The molecule has 2 atom stereocenters. The minimum Gasteiger partial charge on any atom is -0.481 e. The molecule has 2 amide bonds. The van der Waals surface area contributed by atoms with Crippen molar-refractivity contribution in [1.82, 2.24) is 9.80 Å². The molecule has 2 aliphatic heterocycles. The molecule has 7 nitrogen and oxygen atoms in total. The van der Waals surface area contributed by atoms with Crippen LogP contribution in [0.3, 0.4) is 0 Å². The molecule has 0 radical (unpaired) electrons. The van der Waals surface area contributed by atoms with Crippen LogP contribution in [0.4, 0.5) is 0 Å². The van der Waals surface area contributed by atoms with E-state index in [9.17, 15) is 19.5 Å². The zero-order chi connectivity index (χ0) is 20.1. The summed E-state index contributed by atoms with van der Waals surface area (Å²) in [4.78, 5) is 39.8. The first-order chi connectivity index (χ1) is 13.4. The molecule has 3 rings (SSSR count). The SMILES string of the molecule is NC(=O)C1CCN(CCC2CN(C(=O)C3CCCC3)CCC2CC(=O)O)CC1. The Morgan fingerprint density at radius 3 is 2.18 bits per heavy atom. The normalized spacial score (nSPS) is 27.8. The first-order valence-electron chi connectivity index (χ1n) is 11.0. The molecule has 2 heterocycles. The van der Waals surface area contributed by atoms with E-state index >= 15 is 0 Å². The maximum Gasteiger partial charge on any atom is 0.303 e. The Balaban J connectivity index is 1.53. The average Bonchev–Trinajstić information content (AvgIpc) is 3.21. The molecule has 3 fully saturated rings. The summed E-state index contributed by atoms with van der Waals surface area (Å²) in [5.74, 6) is -0.0898. The predicted molar refractivity (Wildman–Crippen MR) is 105 cm³/mol. The Kier molecular flexibility index (Phi) is 7.32.